The third kappa shape index (κ3) is 0.981. The lowest BCUT2D eigenvalue weighted by atomic mass is 10.4. The standard InChI is InChI=1S/C8H9N3/c1-2-8-9-6-7-4-3-5-11(7)10-8/h3-6H,2H2,1H3. The molecule has 0 atom stereocenters. The maximum atomic E-state index is 4.26. The Morgan fingerprint density at radius 1 is 1.55 bits per heavy atom. The Morgan fingerprint density at radius 2 is 2.45 bits per heavy atom. The number of aromatic nitrogens is 3. The van der Waals surface area contributed by atoms with Crippen LogP contribution in [0.25, 0.3) is 5.52 Å². The van der Waals surface area contributed by atoms with E-state index in [1.807, 2.05) is 36.0 Å². The van der Waals surface area contributed by atoms with Crippen LogP contribution < -0.4 is 0 Å². The summed E-state index contributed by atoms with van der Waals surface area (Å²) >= 11 is 0. The summed E-state index contributed by atoms with van der Waals surface area (Å²) in [4.78, 5) is 4.17. The lowest BCUT2D eigenvalue weighted by molar-refractivity contribution is 0.812. The number of hydrogen-bond donors (Lipinski definition) is 0. The summed E-state index contributed by atoms with van der Waals surface area (Å²) in [5.74, 6) is 0.883. The molecule has 0 spiro atoms. The van der Waals surface area contributed by atoms with Crippen molar-refractivity contribution in [3.63, 3.8) is 0 Å². The quantitative estimate of drug-likeness (QED) is 0.608. The molecule has 56 valence electrons. The first-order valence-corrected chi connectivity index (χ1v) is 3.69. The van der Waals surface area contributed by atoms with E-state index in [0.29, 0.717) is 0 Å². The van der Waals surface area contributed by atoms with E-state index in [2.05, 4.69) is 10.1 Å². The molecule has 0 aliphatic heterocycles. The van der Waals surface area contributed by atoms with Crippen molar-refractivity contribution in [3.8, 4) is 0 Å². The van der Waals surface area contributed by atoms with Crippen LogP contribution in [0.1, 0.15) is 12.7 Å². The molecule has 0 bridgehead atoms. The highest BCUT2D eigenvalue weighted by Crippen LogP contribution is 2.00. The van der Waals surface area contributed by atoms with Crippen molar-refractivity contribution in [2.75, 3.05) is 0 Å². The van der Waals surface area contributed by atoms with Crippen LogP contribution in [-0.2, 0) is 6.42 Å². The van der Waals surface area contributed by atoms with Gasteiger partial charge >= 0.3 is 0 Å². The van der Waals surface area contributed by atoms with Gasteiger partial charge in [0.2, 0.25) is 0 Å². The molecule has 2 rings (SSSR count). The molecule has 11 heavy (non-hydrogen) atoms. The molecular weight excluding hydrogens is 138 g/mol. The first kappa shape index (κ1) is 6.34. The van der Waals surface area contributed by atoms with E-state index < -0.39 is 0 Å². The molecule has 0 unspecified atom stereocenters. The van der Waals surface area contributed by atoms with Crippen molar-refractivity contribution >= 4 is 5.52 Å². The number of rotatable bonds is 1. The average Bonchev–Trinajstić information content (AvgIpc) is 2.50. The van der Waals surface area contributed by atoms with E-state index in [1.54, 1.807) is 0 Å². The van der Waals surface area contributed by atoms with Gasteiger partial charge in [-0.25, -0.2) is 9.50 Å². The van der Waals surface area contributed by atoms with Gasteiger partial charge in [-0.1, -0.05) is 6.92 Å². The summed E-state index contributed by atoms with van der Waals surface area (Å²) < 4.78 is 1.84. The Kier molecular flexibility index (Phi) is 1.35. The third-order valence-corrected chi connectivity index (χ3v) is 1.64. The lowest BCUT2D eigenvalue weighted by Gasteiger charge is -1.95. The predicted octanol–water partition coefficient (Wildman–Crippen LogP) is 1.29. The highest BCUT2D eigenvalue weighted by molar-refractivity contribution is 5.43. The zero-order valence-electron chi connectivity index (χ0n) is 6.36. The second kappa shape index (κ2) is 2.34. The molecule has 0 amide bonds. The van der Waals surface area contributed by atoms with Gasteiger partial charge in [0.25, 0.3) is 0 Å². The zero-order valence-corrected chi connectivity index (χ0v) is 6.36. The molecule has 2 aromatic heterocycles. The van der Waals surface area contributed by atoms with Crippen LogP contribution in [0, 0.1) is 0 Å². The van der Waals surface area contributed by atoms with Crippen LogP contribution in [0.3, 0.4) is 0 Å². The molecule has 2 heterocycles. The summed E-state index contributed by atoms with van der Waals surface area (Å²) in [6, 6.07) is 3.95. The maximum absolute atomic E-state index is 4.26. The molecule has 0 aliphatic rings. The fraction of sp³-hybridized carbons (Fsp3) is 0.250. The second-order valence-electron chi connectivity index (χ2n) is 2.41. The van der Waals surface area contributed by atoms with Crippen molar-refractivity contribution < 1.29 is 0 Å². The highest BCUT2D eigenvalue weighted by Gasteiger charge is 1.94. The molecule has 0 saturated heterocycles. The van der Waals surface area contributed by atoms with Gasteiger partial charge in [-0.2, -0.15) is 5.10 Å². The van der Waals surface area contributed by atoms with Gasteiger partial charge in [0.1, 0.15) is 5.82 Å². The number of fused-ring (bicyclic) bond motifs is 1. The topological polar surface area (TPSA) is 30.2 Å². The maximum Gasteiger partial charge on any atom is 0.148 e. The third-order valence-electron chi connectivity index (χ3n) is 1.64. The van der Waals surface area contributed by atoms with Crippen LogP contribution >= 0.6 is 0 Å². The van der Waals surface area contributed by atoms with Gasteiger partial charge in [0.15, 0.2) is 0 Å². The summed E-state index contributed by atoms with van der Waals surface area (Å²) in [7, 11) is 0. The predicted molar refractivity (Wildman–Crippen MR) is 42.4 cm³/mol. The van der Waals surface area contributed by atoms with Gasteiger partial charge in [0, 0.05) is 12.6 Å². The summed E-state index contributed by atoms with van der Waals surface area (Å²) in [6.07, 6.45) is 4.65. The largest absolute Gasteiger partial charge is 0.238 e. The van der Waals surface area contributed by atoms with Crippen molar-refractivity contribution in [1.82, 2.24) is 14.6 Å². The van der Waals surface area contributed by atoms with Crippen LogP contribution in [0.5, 0.6) is 0 Å². The molecule has 0 radical (unpaired) electrons. The molecular formula is C8H9N3. The van der Waals surface area contributed by atoms with Crippen molar-refractivity contribution in [3.05, 3.63) is 30.4 Å². The van der Waals surface area contributed by atoms with Crippen LogP contribution in [0.4, 0.5) is 0 Å². The van der Waals surface area contributed by atoms with E-state index in [0.717, 1.165) is 17.8 Å². The number of nitrogens with zero attached hydrogens (tertiary/aromatic N) is 3. The molecule has 0 aliphatic carbocycles. The van der Waals surface area contributed by atoms with Gasteiger partial charge in [-0.05, 0) is 12.1 Å². The molecule has 2 aromatic rings. The van der Waals surface area contributed by atoms with Crippen molar-refractivity contribution in [2.45, 2.75) is 13.3 Å². The SMILES string of the molecule is CCc1ncc2cccn2n1. The Morgan fingerprint density at radius 3 is 3.27 bits per heavy atom. The van der Waals surface area contributed by atoms with Crippen LogP contribution in [0.2, 0.25) is 0 Å². The normalized spacial score (nSPS) is 10.6. The Bertz CT molecular complexity index is 364. The molecule has 0 N–H and O–H groups in total. The van der Waals surface area contributed by atoms with Gasteiger partial charge in [-0.15, -0.1) is 0 Å². The van der Waals surface area contributed by atoms with E-state index in [1.165, 1.54) is 0 Å². The summed E-state index contributed by atoms with van der Waals surface area (Å²) in [6.45, 7) is 2.05. The van der Waals surface area contributed by atoms with Crippen LogP contribution in [0.15, 0.2) is 24.5 Å². The van der Waals surface area contributed by atoms with E-state index >= 15 is 0 Å². The van der Waals surface area contributed by atoms with Gasteiger partial charge < -0.3 is 0 Å². The van der Waals surface area contributed by atoms with Crippen molar-refractivity contribution in [2.24, 2.45) is 0 Å². The summed E-state index contributed by atoms with van der Waals surface area (Å²) in [5.41, 5.74) is 1.04. The van der Waals surface area contributed by atoms with Crippen molar-refractivity contribution in [1.29, 1.82) is 0 Å². The minimum atomic E-state index is 0.883. The minimum Gasteiger partial charge on any atom is -0.238 e. The van der Waals surface area contributed by atoms with E-state index in [9.17, 15) is 0 Å². The van der Waals surface area contributed by atoms with E-state index in [4.69, 9.17) is 0 Å². The number of aryl methyl sites for hydroxylation is 1. The minimum absolute atomic E-state index is 0.883. The van der Waals surface area contributed by atoms with Crippen LogP contribution in [-0.4, -0.2) is 14.6 Å². The Labute approximate surface area is 64.7 Å². The first-order valence-electron chi connectivity index (χ1n) is 3.69. The first-order chi connectivity index (χ1) is 5.40. The molecule has 3 heteroatoms. The lowest BCUT2D eigenvalue weighted by Crippen LogP contribution is -1.98. The molecule has 0 fully saturated rings. The zero-order chi connectivity index (χ0) is 7.68. The Hall–Kier alpha value is -1.38. The second-order valence-corrected chi connectivity index (χ2v) is 2.41. The monoisotopic (exact) mass is 147 g/mol. The summed E-state index contributed by atoms with van der Waals surface area (Å²) in [5, 5.41) is 4.26. The molecule has 0 aromatic carbocycles. The van der Waals surface area contributed by atoms with E-state index in [-0.39, 0.29) is 0 Å². The fourth-order valence-corrected chi connectivity index (χ4v) is 1.03. The average molecular weight is 147 g/mol. The van der Waals surface area contributed by atoms with Gasteiger partial charge in [0.05, 0.1) is 11.7 Å². The molecule has 3 nitrogen and oxygen atoms in total. The fourth-order valence-electron chi connectivity index (χ4n) is 1.03. The molecule has 0 saturated carbocycles. The van der Waals surface area contributed by atoms with Gasteiger partial charge in [-0.3, -0.25) is 0 Å². The number of hydrogen-bond acceptors (Lipinski definition) is 2. The Balaban J connectivity index is 2.67. The smallest absolute Gasteiger partial charge is 0.148 e. The highest BCUT2D eigenvalue weighted by atomic mass is 15.2.